The minimum atomic E-state index is 0.254. The molecule has 1 aromatic carbocycles. The number of anilines is 1. The molecule has 23 heavy (non-hydrogen) atoms. The van der Waals surface area contributed by atoms with E-state index in [4.69, 9.17) is 0 Å². The lowest BCUT2D eigenvalue weighted by Gasteiger charge is -2.33. The number of hydrogen-bond donors (Lipinski definition) is 1. The minimum absolute atomic E-state index is 0.254. The fourth-order valence-corrected chi connectivity index (χ4v) is 3.62. The molecule has 4 heteroatoms. The number of hydrogen-bond acceptors (Lipinski definition) is 4. The van der Waals surface area contributed by atoms with Crippen LogP contribution in [0.4, 0.5) is 5.69 Å². The minimum Gasteiger partial charge on any atom is -0.371 e. The van der Waals surface area contributed by atoms with Crippen molar-refractivity contribution in [2.24, 2.45) is 5.92 Å². The number of benzene rings is 1. The molecule has 126 valence electrons. The molecule has 2 aliphatic heterocycles. The second-order valence-electron chi connectivity index (χ2n) is 7.24. The number of aryl methyl sites for hydroxylation is 1. The second-order valence-corrected chi connectivity index (χ2v) is 7.24. The zero-order valence-corrected chi connectivity index (χ0v) is 14.5. The van der Waals surface area contributed by atoms with E-state index < -0.39 is 0 Å². The van der Waals surface area contributed by atoms with Gasteiger partial charge < -0.3 is 10.2 Å². The smallest absolute Gasteiger partial charge is 0.176 e. The highest BCUT2D eigenvalue weighted by molar-refractivity contribution is 5.98. The lowest BCUT2D eigenvalue weighted by Crippen LogP contribution is -2.45. The summed E-state index contributed by atoms with van der Waals surface area (Å²) in [4.78, 5) is 17.4. The van der Waals surface area contributed by atoms with Gasteiger partial charge in [0, 0.05) is 50.5 Å². The molecule has 0 saturated carbocycles. The molecule has 1 fully saturated rings. The number of nitrogens with one attached hydrogen (secondary N) is 1. The number of piperazine rings is 1. The number of rotatable bonds is 5. The molecule has 3 rings (SSSR count). The Morgan fingerprint density at radius 1 is 1.22 bits per heavy atom. The van der Waals surface area contributed by atoms with Gasteiger partial charge in [-0.3, -0.25) is 9.69 Å². The third kappa shape index (κ3) is 4.12. The monoisotopic (exact) mass is 315 g/mol. The van der Waals surface area contributed by atoms with Crippen LogP contribution >= 0.6 is 0 Å². The van der Waals surface area contributed by atoms with Crippen LogP contribution < -0.4 is 10.2 Å². The topological polar surface area (TPSA) is 35.6 Å². The lowest BCUT2D eigenvalue weighted by molar-refractivity contribution is 0.0921. The number of nitrogens with zero attached hydrogens (tertiary/aromatic N) is 2. The van der Waals surface area contributed by atoms with E-state index >= 15 is 0 Å². The van der Waals surface area contributed by atoms with Gasteiger partial charge in [0.15, 0.2) is 5.78 Å². The van der Waals surface area contributed by atoms with Gasteiger partial charge in [0.25, 0.3) is 0 Å². The number of carbonyl (C=O) groups excluding carboxylic acids is 1. The number of Topliss-reactive ketones (excluding diaryl/α,β-unsaturated/α-hetero) is 1. The molecule has 0 radical (unpaired) electrons. The molecular formula is C19H29N3O. The molecule has 1 saturated heterocycles. The zero-order chi connectivity index (χ0) is 16.2. The molecule has 4 nitrogen and oxygen atoms in total. The van der Waals surface area contributed by atoms with Gasteiger partial charge in [-0.15, -0.1) is 0 Å². The summed E-state index contributed by atoms with van der Waals surface area (Å²) in [7, 11) is 0. The first-order valence-corrected chi connectivity index (χ1v) is 8.97. The highest BCUT2D eigenvalue weighted by Gasteiger charge is 2.20. The van der Waals surface area contributed by atoms with Gasteiger partial charge >= 0.3 is 0 Å². The molecule has 2 aliphatic rings. The second kappa shape index (κ2) is 7.45. The van der Waals surface area contributed by atoms with E-state index in [2.05, 4.69) is 41.1 Å². The first kappa shape index (κ1) is 16.5. The van der Waals surface area contributed by atoms with Crippen LogP contribution in [0.15, 0.2) is 18.2 Å². The summed E-state index contributed by atoms with van der Waals surface area (Å²) in [5.74, 6) is 0.894. The number of fused-ring (bicyclic) bond motifs is 1. The maximum absolute atomic E-state index is 12.6. The van der Waals surface area contributed by atoms with Crippen molar-refractivity contribution in [2.45, 2.75) is 26.7 Å². The van der Waals surface area contributed by atoms with Crippen molar-refractivity contribution in [3.63, 3.8) is 0 Å². The van der Waals surface area contributed by atoms with Crippen molar-refractivity contribution in [2.75, 3.05) is 50.7 Å². The van der Waals surface area contributed by atoms with E-state index in [-0.39, 0.29) is 5.78 Å². The Kier molecular flexibility index (Phi) is 5.34. The third-order valence-corrected chi connectivity index (χ3v) is 4.78. The van der Waals surface area contributed by atoms with E-state index in [0.29, 0.717) is 12.5 Å². The molecule has 0 unspecified atom stereocenters. The number of ketones is 1. The lowest BCUT2D eigenvalue weighted by atomic mass is 9.97. The fraction of sp³-hybridized carbons (Fsp3) is 0.632. The summed E-state index contributed by atoms with van der Waals surface area (Å²) < 4.78 is 0. The van der Waals surface area contributed by atoms with Crippen LogP contribution in [0, 0.1) is 5.92 Å². The van der Waals surface area contributed by atoms with Gasteiger partial charge in [0.05, 0.1) is 6.54 Å². The SMILES string of the molecule is CC(C)CN1CCCc2ccc(C(=O)CN3CCNCC3)cc21. The van der Waals surface area contributed by atoms with Gasteiger partial charge in [0.2, 0.25) is 0 Å². The summed E-state index contributed by atoms with van der Waals surface area (Å²) in [5, 5.41) is 3.33. The first-order chi connectivity index (χ1) is 11.1. The van der Waals surface area contributed by atoms with Crippen LogP contribution in [0.25, 0.3) is 0 Å². The summed E-state index contributed by atoms with van der Waals surface area (Å²) in [5.41, 5.74) is 3.56. The van der Waals surface area contributed by atoms with Crippen molar-refractivity contribution >= 4 is 11.5 Å². The Labute approximate surface area is 139 Å². The standard InChI is InChI=1S/C19H29N3O/c1-15(2)13-22-9-3-4-16-5-6-17(12-18(16)22)19(23)14-21-10-7-20-8-11-21/h5-6,12,15,20H,3-4,7-11,13-14H2,1-2H3. The molecule has 0 aromatic heterocycles. The van der Waals surface area contributed by atoms with Crippen LogP contribution in [0.3, 0.4) is 0 Å². The molecule has 0 amide bonds. The van der Waals surface area contributed by atoms with Crippen molar-refractivity contribution in [3.05, 3.63) is 29.3 Å². The van der Waals surface area contributed by atoms with Crippen molar-refractivity contribution in [1.29, 1.82) is 0 Å². The predicted octanol–water partition coefficient (Wildman–Crippen LogP) is 2.18. The van der Waals surface area contributed by atoms with E-state index in [1.165, 1.54) is 17.7 Å². The van der Waals surface area contributed by atoms with Gasteiger partial charge in [-0.1, -0.05) is 26.0 Å². The summed E-state index contributed by atoms with van der Waals surface area (Å²) in [6, 6.07) is 6.34. The van der Waals surface area contributed by atoms with E-state index in [1.807, 2.05) is 6.07 Å². The van der Waals surface area contributed by atoms with Crippen LogP contribution in [-0.4, -0.2) is 56.5 Å². The number of carbonyl (C=O) groups is 1. The molecule has 1 N–H and O–H groups in total. The largest absolute Gasteiger partial charge is 0.371 e. The van der Waals surface area contributed by atoms with Gasteiger partial charge in [-0.2, -0.15) is 0 Å². The third-order valence-electron chi connectivity index (χ3n) is 4.78. The first-order valence-electron chi connectivity index (χ1n) is 8.97. The molecule has 1 aromatic rings. The molecular weight excluding hydrogens is 286 g/mol. The molecule has 2 heterocycles. The van der Waals surface area contributed by atoms with E-state index in [9.17, 15) is 4.79 Å². The maximum Gasteiger partial charge on any atom is 0.176 e. The maximum atomic E-state index is 12.6. The van der Waals surface area contributed by atoms with Crippen molar-refractivity contribution < 1.29 is 4.79 Å². The van der Waals surface area contributed by atoms with Crippen molar-refractivity contribution in [3.8, 4) is 0 Å². The van der Waals surface area contributed by atoms with E-state index in [0.717, 1.165) is 51.3 Å². The van der Waals surface area contributed by atoms with E-state index in [1.54, 1.807) is 0 Å². The molecule has 0 aliphatic carbocycles. The summed E-state index contributed by atoms with van der Waals surface area (Å²) >= 11 is 0. The Hall–Kier alpha value is -1.39. The molecule has 0 bridgehead atoms. The Balaban J connectivity index is 1.74. The summed E-state index contributed by atoms with van der Waals surface area (Å²) in [6.07, 6.45) is 2.35. The van der Waals surface area contributed by atoms with Crippen LogP contribution in [0.2, 0.25) is 0 Å². The van der Waals surface area contributed by atoms with Gasteiger partial charge in [-0.25, -0.2) is 0 Å². The predicted molar refractivity (Wildman–Crippen MR) is 95.5 cm³/mol. The zero-order valence-electron chi connectivity index (χ0n) is 14.5. The Morgan fingerprint density at radius 2 is 2.00 bits per heavy atom. The Morgan fingerprint density at radius 3 is 2.74 bits per heavy atom. The van der Waals surface area contributed by atoms with Gasteiger partial charge in [0.1, 0.15) is 0 Å². The van der Waals surface area contributed by atoms with Crippen LogP contribution in [-0.2, 0) is 6.42 Å². The van der Waals surface area contributed by atoms with Crippen molar-refractivity contribution in [1.82, 2.24) is 10.2 Å². The Bertz CT molecular complexity index is 550. The normalized spacial score (nSPS) is 19.0. The highest BCUT2D eigenvalue weighted by atomic mass is 16.1. The average molecular weight is 315 g/mol. The highest BCUT2D eigenvalue weighted by Crippen LogP contribution is 2.29. The average Bonchev–Trinajstić information content (AvgIpc) is 2.55. The quantitative estimate of drug-likeness (QED) is 0.845. The van der Waals surface area contributed by atoms with Crippen LogP contribution in [0.1, 0.15) is 36.2 Å². The summed E-state index contributed by atoms with van der Waals surface area (Å²) in [6.45, 7) is 11.2. The fourth-order valence-electron chi connectivity index (χ4n) is 3.62. The van der Waals surface area contributed by atoms with Gasteiger partial charge in [-0.05, 0) is 30.4 Å². The van der Waals surface area contributed by atoms with Crippen LogP contribution in [0.5, 0.6) is 0 Å². The molecule has 0 atom stereocenters. The molecule has 0 spiro atoms.